The topological polar surface area (TPSA) is 65.8 Å². The third-order valence-electron chi connectivity index (χ3n) is 2.81. The summed E-state index contributed by atoms with van der Waals surface area (Å²) in [6, 6.07) is 8.95. The van der Waals surface area contributed by atoms with E-state index in [4.69, 9.17) is 16.9 Å². The third kappa shape index (κ3) is 2.51. The first-order chi connectivity index (χ1) is 8.95. The normalized spacial score (nSPS) is 11.1. The van der Waals surface area contributed by atoms with E-state index in [0.717, 1.165) is 5.39 Å². The van der Waals surface area contributed by atoms with Crippen molar-refractivity contribution in [3.63, 3.8) is 0 Å². The molecule has 1 heterocycles. The minimum atomic E-state index is -1.10. The lowest BCUT2D eigenvalue weighted by Crippen LogP contribution is -2.29. The summed E-state index contributed by atoms with van der Waals surface area (Å²) < 4.78 is 0. The van der Waals surface area contributed by atoms with Gasteiger partial charge in [0.25, 0.3) is 0 Å². The Hall–Kier alpha value is -2.12. The molecule has 1 aromatic heterocycles. The summed E-state index contributed by atoms with van der Waals surface area (Å²) in [6.07, 6.45) is 1.63. The van der Waals surface area contributed by atoms with Crippen LogP contribution in [0.1, 0.15) is 13.8 Å². The molecule has 0 aliphatic heterocycles. The lowest BCUT2D eigenvalue weighted by atomic mass is 9.94. The van der Waals surface area contributed by atoms with E-state index in [2.05, 4.69) is 10.3 Å². The first kappa shape index (κ1) is 13.3. The van der Waals surface area contributed by atoms with Gasteiger partial charge in [-0.25, -0.2) is 0 Å². The number of amides is 1. The number of nitrogens with zero attached hydrogens (tertiary/aromatic N) is 2. The van der Waals surface area contributed by atoms with Gasteiger partial charge in [0.15, 0.2) is 0 Å². The Morgan fingerprint density at radius 2 is 2.16 bits per heavy atom. The Bertz CT molecular complexity index is 689. The molecule has 1 amide bonds. The number of fused-ring (bicyclic) bond motifs is 1. The molecule has 5 heteroatoms. The highest BCUT2D eigenvalue weighted by molar-refractivity contribution is 6.35. The molecule has 4 nitrogen and oxygen atoms in total. The summed E-state index contributed by atoms with van der Waals surface area (Å²) in [7, 11) is 0. The number of nitriles is 1. The van der Waals surface area contributed by atoms with Crippen LogP contribution < -0.4 is 5.32 Å². The highest BCUT2D eigenvalue weighted by atomic mass is 35.5. The number of hydrogen-bond donors (Lipinski definition) is 1. The molecule has 0 saturated carbocycles. The second-order valence-electron chi connectivity index (χ2n) is 4.69. The van der Waals surface area contributed by atoms with Gasteiger partial charge in [-0.15, -0.1) is 0 Å². The van der Waals surface area contributed by atoms with Crippen molar-refractivity contribution < 1.29 is 4.79 Å². The van der Waals surface area contributed by atoms with E-state index in [9.17, 15) is 4.79 Å². The summed E-state index contributed by atoms with van der Waals surface area (Å²) >= 11 is 6.08. The smallest absolute Gasteiger partial charge is 0.244 e. The molecule has 1 aromatic carbocycles. The average Bonchev–Trinajstić information content (AvgIpc) is 2.42. The highest BCUT2D eigenvalue weighted by Crippen LogP contribution is 2.29. The maximum Gasteiger partial charge on any atom is 0.244 e. The SMILES string of the molecule is CC(C)(C#N)C(=O)Nc1ccc(Cl)c2cccnc12. The number of pyridine rings is 1. The van der Waals surface area contributed by atoms with E-state index in [1.807, 2.05) is 12.1 Å². The number of halogens is 1. The second kappa shape index (κ2) is 4.87. The van der Waals surface area contributed by atoms with Crippen molar-refractivity contribution in [2.24, 2.45) is 5.41 Å². The maximum absolute atomic E-state index is 12.0. The predicted octanol–water partition coefficient (Wildman–Crippen LogP) is 3.38. The monoisotopic (exact) mass is 273 g/mol. The van der Waals surface area contributed by atoms with Gasteiger partial charge in [0.05, 0.1) is 22.3 Å². The van der Waals surface area contributed by atoms with Gasteiger partial charge >= 0.3 is 0 Å². The van der Waals surface area contributed by atoms with Gasteiger partial charge in [-0.3, -0.25) is 9.78 Å². The predicted molar refractivity (Wildman–Crippen MR) is 74.8 cm³/mol. The average molecular weight is 274 g/mol. The van der Waals surface area contributed by atoms with Crippen molar-refractivity contribution in [1.29, 1.82) is 5.26 Å². The van der Waals surface area contributed by atoms with Crippen molar-refractivity contribution in [3.05, 3.63) is 35.5 Å². The van der Waals surface area contributed by atoms with Crippen molar-refractivity contribution >= 4 is 34.1 Å². The van der Waals surface area contributed by atoms with Crippen LogP contribution in [0.15, 0.2) is 30.5 Å². The van der Waals surface area contributed by atoms with Gasteiger partial charge in [0, 0.05) is 11.6 Å². The van der Waals surface area contributed by atoms with Crippen LogP contribution in [0.5, 0.6) is 0 Å². The molecule has 0 saturated heterocycles. The lowest BCUT2D eigenvalue weighted by Gasteiger charge is -2.16. The number of nitrogens with one attached hydrogen (secondary N) is 1. The molecule has 2 aromatic rings. The minimum absolute atomic E-state index is 0.371. The Morgan fingerprint density at radius 3 is 2.84 bits per heavy atom. The molecule has 19 heavy (non-hydrogen) atoms. The molecule has 0 aliphatic rings. The minimum Gasteiger partial charge on any atom is -0.323 e. The molecule has 0 bridgehead atoms. The van der Waals surface area contributed by atoms with Crippen LogP contribution in [0.2, 0.25) is 5.02 Å². The van der Waals surface area contributed by atoms with Crippen LogP contribution in [0.25, 0.3) is 10.9 Å². The van der Waals surface area contributed by atoms with Gasteiger partial charge in [-0.1, -0.05) is 11.6 Å². The highest BCUT2D eigenvalue weighted by Gasteiger charge is 2.27. The number of benzene rings is 1. The zero-order valence-electron chi connectivity index (χ0n) is 10.6. The van der Waals surface area contributed by atoms with Gasteiger partial charge in [0.1, 0.15) is 5.41 Å². The van der Waals surface area contributed by atoms with E-state index in [1.54, 1.807) is 38.2 Å². The molecule has 0 unspecified atom stereocenters. The van der Waals surface area contributed by atoms with Crippen LogP contribution in [0, 0.1) is 16.7 Å². The maximum atomic E-state index is 12.0. The molecular formula is C14H12ClN3O. The Labute approximate surface area is 116 Å². The molecule has 96 valence electrons. The number of rotatable bonds is 2. The van der Waals surface area contributed by atoms with E-state index in [1.165, 1.54) is 0 Å². The molecule has 0 aliphatic carbocycles. The Balaban J connectivity index is 2.46. The Morgan fingerprint density at radius 1 is 1.42 bits per heavy atom. The molecule has 0 spiro atoms. The van der Waals surface area contributed by atoms with Crippen molar-refractivity contribution in [2.75, 3.05) is 5.32 Å². The first-order valence-corrected chi connectivity index (χ1v) is 6.09. The first-order valence-electron chi connectivity index (χ1n) is 5.71. The summed E-state index contributed by atoms with van der Waals surface area (Å²) in [5, 5.41) is 13.0. The van der Waals surface area contributed by atoms with Gasteiger partial charge in [-0.2, -0.15) is 5.26 Å². The second-order valence-corrected chi connectivity index (χ2v) is 5.09. The summed E-state index contributed by atoms with van der Waals surface area (Å²) in [5.74, 6) is -0.371. The molecule has 1 N–H and O–H groups in total. The standard InChI is InChI=1S/C14H12ClN3O/c1-14(2,8-16)13(19)18-11-6-5-10(15)9-4-3-7-17-12(9)11/h3-7H,1-2H3,(H,18,19). The number of carbonyl (C=O) groups is 1. The molecule has 0 atom stereocenters. The molecular weight excluding hydrogens is 262 g/mol. The van der Waals surface area contributed by atoms with Crippen molar-refractivity contribution in [1.82, 2.24) is 4.98 Å². The summed E-state index contributed by atoms with van der Waals surface area (Å²) in [5.41, 5.74) is 0.0613. The van der Waals surface area contributed by atoms with Crippen molar-refractivity contribution in [3.8, 4) is 6.07 Å². The van der Waals surface area contributed by atoms with Crippen LogP contribution in [0.3, 0.4) is 0 Å². The van der Waals surface area contributed by atoms with Gasteiger partial charge < -0.3 is 5.32 Å². The fourth-order valence-electron chi connectivity index (χ4n) is 1.57. The van der Waals surface area contributed by atoms with Gasteiger partial charge in [0.2, 0.25) is 5.91 Å². The van der Waals surface area contributed by atoms with Crippen LogP contribution in [0.4, 0.5) is 5.69 Å². The Kier molecular flexibility index (Phi) is 3.41. The number of aromatic nitrogens is 1. The zero-order valence-corrected chi connectivity index (χ0v) is 11.3. The van der Waals surface area contributed by atoms with E-state index < -0.39 is 5.41 Å². The number of hydrogen-bond acceptors (Lipinski definition) is 3. The van der Waals surface area contributed by atoms with Crippen LogP contribution in [-0.2, 0) is 4.79 Å². The van der Waals surface area contributed by atoms with Gasteiger partial charge in [-0.05, 0) is 38.1 Å². The van der Waals surface area contributed by atoms with E-state index >= 15 is 0 Å². The fraction of sp³-hybridized carbons (Fsp3) is 0.214. The molecule has 0 fully saturated rings. The van der Waals surface area contributed by atoms with E-state index in [0.29, 0.717) is 16.2 Å². The molecule has 2 rings (SSSR count). The lowest BCUT2D eigenvalue weighted by molar-refractivity contribution is -0.121. The van der Waals surface area contributed by atoms with Crippen LogP contribution in [-0.4, -0.2) is 10.9 Å². The number of carbonyl (C=O) groups excluding carboxylic acids is 1. The summed E-state index contributed by atoms with van der Waals surface area (Å²) in [4.78, 5) is 16.2. The fourth-order valence-corrected chi connectivity index (χ4v) is 1.78. The largest absolute Gasteiger partial charge is 0.323 e. The number of anilines is 1. The molecule has 0 radical (unpaired) electrons. The summed E-state index contributed by atoms with van der Waals surface area (Å²) in [6.45, 7) is 3.13. The van der Waals surface area contributed by atoms with Crippen molar-refractivity contribution in [2.45, 2.75) is 13.8 Å². The van der Waals surface area contributed by atoms with E-state index in [-0.39, 0.29) is 5.91 Å². The quantitative estimate of drug-likeness (QED) is 0.912. The van der Waals surface area contributed by atoms with Crippen LogP contribution >= 0.6 is 11.6 Å². The third-order valence-corrected chi connectivity index (χ3v) is 3.14. The zero-order chi connectivity index (χ0) is 14.0.